The van der Waals surface area contributed by atoms with E-state index in [0.29, 0.717) is 11.5 Å². The first kappa shape index (κ1) is 29.0. The van der Waals surface area contributed by atoms with Gasteiger partial charge in [-0.3, -0.25) is 4.79 Å². The molecular weight excluding hydrogens is 521 g/mol. The van der Waals surface area contributed by atoms with Crippen LogP contribution < -0.4 is 4.74 Å². The monoisotopic (exact) mass is 557 g/mol. The fourth-order valence-electron chi connectivity index (χ4n) is 4.96. The molecule has 2 heterocycles. The number of rotatable bonds is 6. The first-order valence-corrected chi connectivity index (χ1v) is 14.9. The lowest BCUT2D eigenvalue weighted by Gasteiger charge is -2.37. The van der Waals surface area contributed by atoms with Crippen LogP contribution in [0.4, 0.5) is 4.39 Å². The second-order valence-corrected chi connectivity index (χ2v) is 12.6. The lowest BCUT2D eigenvalue weighted by molar-refractivity contribution is 0.0373. The normalized spacial score (nSPS) is 21.3. The average molecular weight is 558 g/mol. The number of hydrogen-bond donors (Lipinski definition) is 1. The van der Waals surface area contributed by atoms with Gasteiger partial charge in [-0.25, -0.2) is 17.8 Å². The molecule has 39 heavy (non-hydrogen) atoms. The number of nitrogens with zero attached hydrogens (tertiary/aromatic N) is 3. The smallest absolute Gasteiger partial charge is 0.259 e. The number of hydrogen-bond acceptors (Lipinski definition) is 6. The van der Waals surface area contributed by atoms with E-state index in [1.807, 2.05) is 6.92 Å². The predicted molar refractivity (Wildman–Crippen MR) is 145 cm³/mol. The topological polar surface area (TPSA) is 100 Å². The van der Waals surface area contributed by atoms with Crippen molar-refractivity contribution in [2.45, 2.75) is 63.0 Å². The third-order valence-corrected chi connectivity index (χ3v) is 9.34. The van der Waals surface area contributed by atoms with Gasteiger partial charge in [0.25, 0.3) is 5.91 Å². The van der Waals surface area contributed by atoms with Crippen LogP contribution in [0.5, 0.6) is 5.88 Å². The Bertz CT molecular complexity index is 1330. The van der Waals surface area contributed by atoms with E-state index < -0.39 is 28.0 Å². The minimum Gasteiger partial charge on any atom is -0.472 e. The number of carbonyl (C=O) groups excluding carboxylic acids is 1. The van der Waals surface area contributed by atoms with Crippen LogP contribution in [-0.2, 0) is 10.0 Å². The molecule has 8 nitrogen and oxygen atoms in total. The van der Waals surface area contributed by atoms with Crippen LogP contribution in [0.1, 0.15) is 61.9 Å². The summed E-state index contributed by atoms with van der Waals surface area (Å²) in [6, 6.07) is 5.85. The van der Waals surface area contributed by atoms with Gasteiger partial charge in [0.05, 0.1) is 24.1 Å². The van der Waals surface area contributed by atoms with E-state index in [1.165, 1.54) is 38.4 Å². The Hall–Kier alpha value is -3.00. The molecule has 1 saturated carbocycles. The van der Waals surface area contributed by atoms with Crippen molar-refractivity contribution in [3.63, 3.8) is 0 Å². The number of pyridine rings is 1. The van der Waals surface area contributed by atoms with Crippen molar-refractivity contribution in [2.75, 3.05) is 26.7 Å². The van der Waals surface area contributed by atoms with Gasteiger partial charge in [0.2, 0.25) is 15.9 Å². The minimum absolute atomic E-state index is 0.0270. The molecule has 2 aromatic rings. The van der Waals surface area contributed by atoms with Crippen LogP contribution in [0, 0.1) is 29.5 Å². The molecule has 0 spiro atoms. The molecule has 1 aliphatic heterocycles. The Kier molecular flexibility index (Phi) is 9.26. The number of halogens is 1. The Morgan fingerprint density at radius 2 is 1.92 bits per heavy atom. The van der Waals surface area contributed by atoms with E-state index in [9.17, 15) is 22.7 Å². The van der Waals surface area contributed by atoms with E-state index in [0.717, 1.165) is 29.3 Å². The third kappa shape index (κ3) is 6.78. The van der Waals surface area contributed by atoms with Crippen molar-refractivity contribution < 1.29 is 27.4 Å². The van der Waals surface area contributed by atoms with Gasteiger partial charge in [0.15, 0.2) is 0 Å². The molecule has 0 radical (unpaired) electrons. The summed E-state index contributed by atoms with van der Waals surface area (Å²) in [7, 11) is -2.48. The molecule has 0 bridgehead atoms. The van der Waals surface area contributed by atoms with Gasteiger partial charge in [0.1, 0.15) is 17.5 Å². The van der Waals surface area contributed by atoms with Crippen molar-refractivity contribution in [3.8, 4) is 17.7 Å². The van der Waals surface area contributed by atoms with E-state index in [-0.39, 0.29) is 47.9 Å². The van der Waals surface area contributed by atoms with E-state index in [1.54, 1.807) is 24.1 Å². The first-order valence-electron chi connectivity index (χ1n) is 13.4. The third-order valence-electron chi connectivity index (χ3n) is 7.51. The molecule has 1 aromatic heterocycles. The largest absolute Gasteiger partial charge is 0.472 e. The molecule has 0 saturated heterocycles. The zero-order valence-electron chi connectivity index (χ0n) is 22.6. The number of amides is 1. The van der Waals surface area contributed by atoms with E-state index >= 15 is 0 Å². The van der Waals surface area contributed by atoms with Crippen molar-refractivity contribution in [1.29, 1.82) is 0 Å². The Morgan fingerprint density at radius 1 is 1.23 bits per heavy atom. The summed E-state index contributed by atoms with van der Waals surface area (Å²) in [6.45, 7) is 3.61. The van der Waals surface area contributed by atoms with Gasteiger partial charge in [-0.2, -0.15) is 4.31 Å². The Balaban J connectivity index is 1.64. The molecule has 1 N–H and O–H groups in total. The quantitative estimate of drug-likeness (QED) is 0.544. The second-order valence-electron chi connectivity index (χ2n) is 10.5. The number of benzene rings is 1. The Morgan fingerprint density at radius 3 is 2.59 bits per heavy atom. The maximum atomic E-state index is 13.6. The molecule has 10 heteroatoms. The summed E-state index contributed by atoms with van der Waals surface area (Å²) in [5, 5.41) is 9.87. The number of ether oxygens (including phenoxy) is 1. The van der Waals surface area contributed by atoms with Gasteiger partial charge in [-0.1, -0.05) is 38.0 Å². The number of fused-ring (bicyclic) bond motifs is 1. The van der Waals surface area contributed by atoms with Crippen LogP contribution in [0.3, 0.4) is 0 Å². The van der Waals surface area contributed by atoms with Crippen LogP contribution in [0.2, 0.25) is 0 Å². The second kappa shape index (κ2) is 12.5. The number of sulfonamides is 1. The van der Waals surface area contributed by atoms with Crippen molar-refractivity contribution in [2.24, 2.45) is 11.8 Å². The van der Waals surface area contributed by atoms with Gasteiger partial charge in [0, 0.05) is 37.2 Å². The van der Waals surface area contributed by atoms with Crippen molar-refractivity contribution in [1.82, 2.24) is 14.2 Å². The highest BCUT2D eigenvalue weighted by Gasteiger charge is 2.36. The lowest BCUT2D eigenvalue weighted by Crippen LogP contribution is -2.50. The van der Waals surface area contributed by atoms with Gasteiger partial charge in [-0.05, 0) is 50.1 Å². The summed E-state index contributed by atoms with van der Waals surface area (Å²) in [5.74, 6) is 5.78. The van der Waals surface area contributed by atoms with E-state index in [2.05, 4.69) is 16.8 Å². The fraction of sp³-hybridized carbons (Fsp3) is 0.517. The minimum atomic E-state index is -3.92. The van der Waals surface area contributed by atoms with Gasteiger partial charge < -0.3 is 14.7 Å². The summed E-state index contributed by atoms with van der Waals surface area (Å²) >= 11 is 0. The lowest BCUT2D eigenvalue weighted by atomic mass is 9.90. The number of aliphatic hydroxyl groups excluding tert-OH is 1. The van der Waals surface area contributed by atoms with Crippen LogP contribution in [-0.4, -0.2) is 72.5 Å². The van der Waals surface area contributed by atoms with E-state index in [4.69, 9.17) is 4.74 Å². The zero-order valence-corrected chi connectivity index (χ0v) is 23.5. The molecule has 1 fully saturated rings. The fourth-order valence-corrected chi connectivity index (χ4v) is 6.14. The molecule has 4 rings (SSSR count). The molecule has 1 aliphatic carbocycles. The van der Waals surface area contributed by atoms with Crippen LogP contribution >= 0.6 is 0 Å². The molecule has 1 aromatic carbocycles. The number of aromatic nitrogens is 1. The highest BCUT2D eigenvalue weighted by molar-refractivity contribution is 7.89. The first-order chi connectivity index (χ1) is 18.6. The summed E-state index contributed by atoms with van der Waals surface area (Å²) < 4.78 is 47.1. The highest BCUT2D eigenvalue weighted by Crippen LogP contribution is 2.28. The molecule has 210 valence electrons. The molecule has 1 amide bonds. The van der Waals surface area contributed by atoms with Crippen molar-refractivity contribution >= 4 is 15.9 Å². The SMILES string of the molecule is C[C@H]1CN([C@@H](C)CO)C(=O)c2cc(C#CC3CCCCC3)cnc2O[C@@H]1CN(C)S(=O)(=O)c1ccc(F)cc1. The maximum absolute atomic E-state index is 13.6. The summed E-state index contributed by atoms with van der Waals surface area (Å²) in [6.07, 6.45) is 6.65. The number of likely N-dealkylation sites (N-methyl/N-ethyl adjacent to an activating group) is 1. The Labute approximate surface area is 230 Å². The standard InChI is InChI=1S/C29H36FN3O5S/c1-20-17-33(21(2)19-34)29(35)26-15-23(10-9-22-7-5-4-6-8-22)16-31-28(26)38-27(20)18-32(3)39(36,37)25-13-11-24(30)12-14-25/h11-16,20-22,27,34H,4-8,17-19H2,1-3H3/t20-,21-,27+/m0/s1. The number of aliphatic hydroxyl groups is 1. The molecule has 2 aliphatic rings. The number of carbonyl (C=O) groups is 1. The molecular formula is C29H36FN3O5S. The van der Waals surface area contributed by atoms with Gasteiger partial charge in [-0.15, -0.1) is 0 Å². The summed E-state index contributed by atoms with van der Waals surface area (Å²) in [4.78, 5) is 19.6. The zero-order chi connectivity index (χ0) is 28.2. The van der Waals surface area contributed by atoms with Crippen molar-refractivity contribution in [3.05, 3.63) is 53.5 Å². The predicted octanol–water partition coefficient (Wildman–Crippen LogP) is 3.69. The highest BCUT2D eigenvalue weighted by atomic mass is 32.2. The molecule has 3 atom stereocenters. The van der Waals surface area contributed by atoms with Crippen LogP contribution in [0.25, 0.3) is 0 Å². The van der Waals surface area contributed by atoms with Crippen LogP contribution in [0.15, 0.2) is 41.4 Å². The summed E-state index contributed by atoms with van der Waals surface area (Å²) in [5.41, 5.74) is 0.834. The van der Waals surface area contributed by atoms with Gasteiger partial charge >= 0.3 is 0 Å². The maximum Gasteiger partial charge on any atom is 0.259 e. The average Bonchev–Trinajstić information content (AvgIpc) is 2.94. The molecule has 0 unspecified atom stereocenters.